The summed E-state index contributed by atoms with van der Waals surface area (Å²) in [6, 6.07) is 26.0. The Morgan fingerprint density at radius 2 is 1.09 bits per heavy atom. The molecule has 0 unspecified atom stereocenters. The van der Waals surface area contributed by atoms with Crippen molar-refractivity contribution < 1.29 is 23.9 Å². The number of rotatable bonds is 4. The number of carbonyl (C=O) groups is 4. The molecule has 0 atom stereocenters. The van der Waals surface area contributed by atoms with E-state index in [4.69, 9.17) is 11.3 Å². The summed E-state index contributed by atoms with van der Waals surface area (Å²) in [6.45, 7) is 7.24. The third-order valence-corrected chi connectivity index (χ3v) is 7.89. The fourth-order valence-corrected chi connectivity index (χ4v) is 5.75. The zero-order valence-corrected chi connectivity index (χ0v) is 23.8. The smallest absolute Gasteiger partial charge is 0.269 e. The average molecular weight is 611 g/mol. The van der Waals surface area contributed by atoms with Crippen molar-refractivity contribution >= 4 is 51.5 Å². The molecule has 0 bridgehead atoms. The van der Waals surface area contributed by atoms with Crippen molar-refractivity contribution in [3.63, 3.8) is 0 Å². The van der Waals surface area contributed by atoms with E-state index in [1.807, 2.05) is 18.2 Å². The fraction of sp³-hybridized carbons (Fsp3) is 0. The largest absolute Gasteiger partial charge is 0.456 e. The van der Waals surface area contributed by atoms with E-state index in [2.05, 4.69) is 4.85 Å². The minimum atomic E-state index is -0.848. The van der Waals surface area contributed by atoms with Gasteiger partial charge in [-0.2, -0.15) is 15.8 Å². The average Bonchev–Trinajstić information content (AvgIpc) is 3.10. The highest BCUT2D eigenvalue weighted by Gasteiger charge is 2.44. The molecule has 5 aromatic rings. The van der Waals surface area contributed by atoms with Gasteiger partial charge in [-0.05, 0) is 72.8 Å². The Hall–Kier alpha value is -7.60. The summed E-state index contributed by atoms with van der Waals surface area (Å²) in [6.07, 6.45) is 0. The predicted octanol–water partition coefficient (Wildman–Crippen LogP) is 6.40. The van der Waals surface area contributed by atoms with Crippen LogP contribution in [0.5, 0.6) is 11.5 Å². The molecule has 0 spiro atoms. The van der Waals surface area contributed by atoms with Crippen molar-refractivity contribution in [3.05, 3.63) is 135 Å². The summed E-state index contributed by atoms with van der Waals surface area (Å²) >= 11 is 0. The van der Waals surface area contributed by atoms with Crippen molar-refractivity contribution in [2.75, 3.05) is 9.80 Å². The second-order valence-corrected chi connectivity index (χ2v) is 10.4. The highest BCUT2D eigenvalue weighted by Crippen LogP contribution is 2.46. The molecule has 47 heavy (non-hydrogen) atoms. The number of nitriles is 3. The van der Waals surface area contributed by atoms with Gasteiger partial charge in [0.25, 0.3) is 23.6 Å². The molecule has 218 valence electrons. The first-order valence-corrected chi connectivity index (χ1v) is 13.8. The Balaban J connectivity index is 1.52. The second kappa shape index (κ2) is 10.5. The Morgan fingerprint density at radius 3 is 1.62 bits per heavy atom. The molecule has 4 amide bonds. The van der Waals surface area contributed by atoms with Gasteiger partial charge in [0, 0.05) is 16.5 Å². The van der Waals surface area contributed by atoms with Gasteiger partial charge < -0.3 is 4.74 Å². The van der Waals surface area contributed by atoms with E-state index in [-0.39, 0.29) is 67.2 Å². The van der Waals surface area contributed by atoms with E-state index in [0.29, 0.717) is 11.1 Å². The lowest BCUT2D eigenvalue weighted by molar-refractivity contribution is 0.0871. The molecule has 0 radical (unpaired) electrons. The number of ether oxygens (including phenoxy) is 1. The molecule has 0 saturated heterocycles. The minimum absolute atomic E-state index is 0.0228. The molecule has 0 N–H and O–H groups in total. The van der Waals surface area contributed by atoms with Gasteiger partial charge in [-0.1, -0.05) is 12.1 Å². The van der Waals surface area contributed by atoms with E-state index in [9.17, 15) is 35.0 Å². The zero-order valence-electron chi connectivity index (χ0n) is 23.8. The van der Waals surface area contributed by atoms with Crippen LogP contribution in [0.15, 0.2) is 84.9 Å². The van der Waals surface area contributed by atoms with Crippen molar-refractivity contribution in [1.29, 1.82) is 15.8 Å². The van der Waals surface area contributed by atoms with Gasteiger partial charge in [0.05, 0.1) is 63.3 Å². The lowest BCUT2D eigenvalue weighted by Crippen LogP contribution is -2.44. The number of carbonyl (C=O) groups excluding carboxylic acids is 4. The van der Waals surface area contributed by atoms with Crippen molar-refractivity contribution in [3.8, 4) is 29.7 Å². The van der Waals surface area contributed by atoms with Crippen molar-refractivity contribution in [2.45, 2.75) is 0 Å². The lowest BCUT2D eigenvalue weighted by Gasteiger charge is -2.33. The van der Waals surface area contributed by atoms with Crippen LogP contribution in [0.2, 0.25) is 0 Å². The molecule has 11 nitrogen and oxygen atoms in total. The van der Waals surface area contributed by atoms with E-state index >= 15 is 0 Å². The van der Waals surface area contributed by atoms with Crippen molar-refractivity contribution in [1.82, 2.24) is 0 Å². The molecule has 2 heterocycles. The third-order valence-electron chi connectivity index (χ3n) is 7.89. The number of anilines is 2. The van der Waals surface area contributed by atoms with Gasteiger partial charge in [0.2, 0.25) is 0 Å². The molecule has 0 aliphatic carbocycles. The van der Waals surface area contributed by atoms with Crippen LogP contribution >= 0.6 is 0 Å². The van der Waals surface area contributed by atoms with E-state index in [1.54, 1.807) is 0 Å². The van der Waals surface area contributed by atoms with Crippen LogP contribution in [-0.4, -0.2) is 23.6 Å². The van der Waals surface area contributed by atoms with Crippen LogP contribution in [0.25, 0.3) is 15.6 Å². The Bertz CT molecular complexity index is 2440. The number of hydrogen-bond donors (Lipinski definition) is 0. The Kier molecular flexibility index (Phi) is 6.32. The maximum Gasteiger partial charge on any atom is 0.269 e. The first-order chi connectivity index (χ1) is 22.8. The maximum atomic E-state index is 14.3. The van der Waals surface area contributed by atoms with Gasteiger partial charge in [-0.15, -0.1) is 0 Å². The molecule has 2 aliphatic rings. The first-order valence-electron chi connectivity index (χ1n) is 13.8. The van der Waals surface area contributed by atoms with Gasteiger partial charge in [-0.25, -0.2) is 14.6 Å². The Morgan fingerprint density at radius 1 is 0.596 bits per heavy atom. The zero-order chi connectivity index (χ0) is 33.0. The van der Waals surface area contributed by atoms with E-state index in [1.165, 1.54) is 84.9 Å². The van der Waals surface area contributed by atoms with Crippen LogP contribution in [0.3, 0.4) is 0 Å². The highest BCUT2D eigenvalue weighted by atomic mass is 16.5. The summed E-state index contributed by atoms with van der Waals surface area (Å²) in [4.78, 5) is 61.7. The summed E-state index contributed by atoms with van der Waals surface area (Å²) in [5, 5.41) is 28.6. The number of amides is 4. The lowest BCUT2D eigenvalue weighted by atomic mass is 9.82. The van der Waals surface area contributed by atoms with Gasteiger partial charge in [-0.3, -0.25) is 19.2 Å². The van der Waals surface area contributed by atoms with Crippen LogP contribution in [-0.2, 0) is 0 Å². The molecule has 5 aromatic carbocycles. The standard InChI is InChI=1S/C36H14N6O5/c1-40-22-6-10-24(11-7-22)42-33(43)26-14-21(18-39)29-30-27(34(44)41(35(29)45)23-8-2-19(16-37)3-9-23)15-28(32(31(26)30)36(42)46)47-25-12-4-20(17-38)5-13-25/h2-15H. The SMILES string of the molecule is [C-]#[N+]c1ccc(N2C(=O)c3cc(C#N)c4c5c(cc(Oc6ccc(C#N)cc6)c(c35)C2=O)C(=O)N(c2ccc(C#N)cc2)C4=O)cc1. The molecule has 2 aliphatic heterocycles. The number of hydrogen-bond acceptors (Lipinski definition) is 8. The quantitative estimate of drug-likeness (QED) is 0.167. The van der Waals surface area contributed by atoms with E-state index < -0.39 is 23.6 Å². The number of nitrogens with zero attached hydrogens (tertiary/aromatic N) is 6. The monoisotopic (exact) mass is 610 g/mol. The molecule has 0 aromatic heterocycles. The summed E-state index contributed by atoms with van der Waals surface area (Å²) in [5.41, 5.74) is 0.514. The molecule has 0 fully saturated rings. The molecular weight excluding hydrogens is 596 g/mol. The van der Waals surface area contributed by atoms with Crippen LogP contribution in [0, 0.1) is 40.6 Å². The maximum absolute atomic E-state index is 14.3. The topological polar surface area (TPSA) is 160 Å². The third kappa shape index (κ3) is 4.17. The highest BCUT2D eigenvalue weighted by molar-refractivity contribution is 6.43. The van der Waals surface area contributed by atoms with Crippen LogP contribution in [0.4, 0.5) is 17.1 Å². The van der Waals surface area contributed by atoms with Gasteiger partial charge in [0.15, 0.2) is 5.69 Å². The molecule has 7 rings (SSSR count). The normalized spacial score (nSPS) is 13.1. The number of imide groups is 2. The summed E-state index contributed by atoms with van der Waals surface area (Å²) in [7, 11) is 0. The second-order valence-electron chi connectivity index (χ2n) is 10.4. The van der Waals surface area contributed by atoms with Crippen molar-refractivity contribution in [2.24, 2.45) is 0 Å². The molecule has 0 saturated carbocycles. The Labute approximate surface area is 265 Å². The summed E-state index contributed by atoms with van der Waals surface area (Å²) in [5.74, 6) is -3.18. The van der Waals surface area contributed by atoms with Crippen LogP contribution in [0.1, 0.15) is 58.1 Å². The van der Waals surface area contributed by atoms with E-state index in [0.717, 1.165) is 9.80 Å². The summed E-state index contributed by atoms with van der Waals surface area (Å²) < 4.78 is 6.17. The van der Waals surface area contributed by atoms with Gasteiger partial charge >= 0.3 is 0 Å². The first kappa shape index (κ1) is 28.2. The van der Waals surface area contributed by atoms with Crippen LogP contribution < -0.4 is 14.5 Å². The fourth-order valence-electron chi connectivity index (χ4n) is 5.75. The molecule has 11 heteroatoms. The predicted molar refractivity (Wildman–Crippen MR) is 166 cm³/mol. The molecular formula is C36H14N6O5. The minimum Gasteiger partial charge on any atom is -0.456 e. The van der Waals surface area contributed by atoms with Gasteiger partial charge in [0.1, 0.15) is 17.6 Å². The number of benzene rings is 5.